The van der Waals surface area contributed by atoms with E-state index in [9.17, 15) is 24.8 Å². The molecule has 3 N–H and O–H groups in total. The van der Waals surface area contributed by atoms with Gasteiger partial charge in [-0.15, -0.1) is 0 Å². The van der Waals surface area contributed by atoms with Gasteiger partial charge in [0.05, 0.1) is 29.8 Å². The Labute approximate surface area is 186 Å². The molecule has 9 heteroatoms. The second kappa shape index (κ2) is 7.57. The van der Waals surface area contributed by atoms with Gasteiger partial charge in [0, 0.05) is 25.2 Å². The topological polar surface area (TPSA) is 131 Å². The first-order valence-corrected chi connectivity index (χ1v) is 11.2. The summed E-state index contributed by atoms with van der Waals surface area (Å²) in [6, 6.07) is 7.39. The van der Waals surface area contributed by atoms with Crippen molar-refractivity contribution in [3.63, 3.8) is 0 Å². The number of nitriles is 1. The summed E-state index contributed by atoms with van der Waals surface area (Å²) in [5, 5.41) is 18.6. The molecule has 168 valence electrons. The average molecular weight is 438 g/mol. The van der Waals surface area contributed by atoms with Crippen LogP contribution in [0.2, 0.25) is 0 Å². The minimum Gasteiger partial charge on any atom is -0.478 e. The lowest BCUT2D eigenvalue weighted by Crippen LogP contribution is -2.57. The predicted octanol–water partition coefficient (Wildman–Crippen LogP) is 0.571. The van der Waals surface area contributed by atoms with Gasteiger partial charge in [0.15, 0.2) is 0 Å². The average Bonchev–Trinajstić information content (AvgIpc) is 3.11. The van der Waals surface area contributed by atoms with Gasteiger partial charge in [-0.05, 0) is 49.8 Å². The van der Waals surface area contributed by atoms with Crippen LogP contribution in [0.5, 0.6) is 0 Å². The molecule has 1 aromatic rings. The standard InChI is InChI=1S/C23H27N5O4/c1-12(13-3-2-4-14(5-13)23(31)32)27-17-8-20(22(27)30)26(10-17)11-18(25)21(29)28-16(9-24)6-15-7-19(15)28/h2-5,12,15-20H,6-8,10-11,25H2,1H3,(H,31,32)/t12?,15-,16?,17+,18?,19+,20+/m1/s1. The van der Waals surface area contributed by atoms with Crippen molar-refractivity contribution in [2.75, 3.05) is 13.1 Å². The molecule has 3 unspecified atom stereocenters. The van der Waals surface area contributed by atoms with Crippen molar-refractivity contribution in [3.05, 3.63) is 35.4 Å². The maximum atomic E-state index is 13.2. The highest BCUT2D eigenvalue weighted by Crippen LogP contribution is 2.48. The Morgan fingerprint density at radius 3 is 2.78 bits per heavy atom. The molecule has 5 rings (SSSR count). The van der Waals surface area contributed by atoms with E-state index in [1.54, 1.807) is 17.0 Å². The van der Waals surface area contributed by atoms with Crippen LogP contribution in [-0.2, 0) is 9.59 Å². The molecule has 7 atom stereocenters. The van der Waals surface area contributed by atoms with Crippen molar-refractivity contribution < 1.29 is 19.5 Å². The van der Waals surface area contributed by atoms with Crippen molar-refractivity contribution in [1.29, 1.82) is 5.26 Å². The zero-order valence-corrected chi connectivity index (χ0v) is 17.9. The van der Waals surface area contributed by atoms with Crippen molar-refractivity contribution in [3.8, 4) is 6.07 Å². The van der Waals surface area contributed by atoms with E-state index in [0.717, 1.165) is 18.4 Å². The Morgan fingerprint density at radius 2 is 2.09 bits per heavy atom. The van der Waals surface area contributed by atoms with Gasteiger partial charge in [-0.25, -0.2) is 4.79 Å². The smallest absolute Gasteiger partial charge is 0.335 e. The van der Waals surface area contributed by atoms with Crippen LogP contribution in [0.25, 0.3) is 0 Å². The fourth-order valence-corrected chi connectivity index (χ4v) is 5.90. The third-order valence-electron chi connectivity index (χ3n) is 7.60. The lowest BCUT2D eigenvalue weighted by atomic mass is 10.0. The zero-order valence-electron chi connectivity index (χ0n) is 17.9. The molecule has 1 aromatic carbocycles. The number of hydrogen-bond acceptors (Lipinski definition) is 6. The quantitative estimate of drug-likeness (QED) is 0.665. The second-order valence-electron chi connectivity index (χ2n) is 9.51. The summed E-state index contributed by atoms with van der Waals surface area (Å²) in [6.45, 7) is 2.85. The number of piperazine rings is 1. The summed E-state index contributed by atoms with van der Waals surface area (Å²) in [5.74, 6) is -0.748. The van der Waals surface area contributed by atoms with Crippen LogP contribution in [-0.4, -0.2) is 80.9 Å². The molecule has 2 amide bonds. The van der Waals surface area contributed by atoms with Crippen molar-refractivity contribution in [1.82, 2.24) is 14.7 Å². The number of rotatable bonds is 6. The summed E-state index contributed by atoms with van der Waals surface area (Å²) < 4.78 is 0. The molecule has 3 saturated heterocycles. The predicted molar refractivity (Wildman–Crippen MR) is 113 cm³/mol. The maximum Gasteiger partial charge on any atom is 0.335 e. The van der Waals surface area contributed by atoms with Gasteiger partial charge in [0.25, 0.3) is 0 Å². The number of carboxylic acids is 1. The van der Waals surface area contributed by atoms with E-state index in [4.69, 9.17) is 5.73 Å². The van der Waals surface area contributed by atoms with Crippen LogP contribution in [0.3, 0.4) is 0 Å². The minimum atomic E-state index is -0.993. The van der Waals surface area contributed by atoms with Gasteiger partial charge in [-0.3, -0.25) is 14.5 Å². The van der Waals surface area contributed by atoms with Gasteiger partial charge < -0.3 is 20.6 Å². The van der Waals surface area contributed by atoms with Gasteiger partial charge in [-0.1, -0.05) is 12.1 Å². The number of likely N-dealkylation sites (tertiary alicyclic amines) is 3. The van der Waals surface area contributed by atoms with Crippen LogP contribution in [0, 0.1) is 17.2 Å². The molecule has 3 heterocycles. The third-order valence-corrected chi connectivity index (χ3v) is 7.60. The number of nitrogens with zero attached hydrogens (tertiary/aromatic N) is 4. The third kappa shape index (κ3) is 3.26. The first kappa shape index (κ1) is 20.9. The SMILES string of the molecule is CC(c1cccc(C(=O)O)c1)N1C(=O)[C@@H]2C[C@H]1CN2CC(N)C(=O)N1C(C#N)C[C@@H]2C[C@@H]21. The summed E-state index contributed by atoms with van der Waals surface area (Å²) in [5.41, 5.74) is 7.25. The number of carbonyl (C=O) groups excluding carboxylic acids is 2. The molecule has 1 saturated carbocycles. The Bertz CT molecular complexity index is 1020. The fraction of sp³-hybridized carbons (Fsp3) is 0.565. The number of benzene rings is 1. The molecule has 0 spiro atoms. The Kier molecular flexibility index (Phi) is 4.95. The number of piperidine rings is 1. The first-order valence-electron chi connectivity index (χ1n) is 11.2. The number of carbonyl (C=O) groups is 3. The van der Waals surface area contributed by atoms with E-state index >= 15 is 0 Å². The molecule has 4 aliphatic rings. The number of amides is 2. The summed E-state index contributed by atoms with van der Waals surface area (Å²) >= 11 is 0. The van der Waals surface area contributed by atoms with Gasteiger partial charge in [-0.2, -0.15) is 5.26 Å². The number of hydrogen-bond donors (Lipinski definition) is 2. The summed E-state index contributed by atoms with van der Waals surface area (Å²) in [6.07, 6.45) is 2.37. The van der Waals surface area contributed by atoms with E-state index in [-0.39, 0.29) is 47.6 Å². The number of nitrogens with two attached hydrogens (primary N) is 1. The van der Waals surface area contributed by atoms with Crippen molar-refractivity contribution >= 4 is 17.8 Å². The van der Waals surface area contributed by atoms with E-state index in [1.807, 2.05) is 22.8 Å². The monoisotopic (exact) mass is 437 g/mol. The Hall–Kier alpha value is -2.96. The molecule has 2 bridgehead atoms. The highest BCUT2D eigenvalue weighted by atomic mass is 16.4. The lowest BCUT2D eigenvalue weighted by molar-refractivity contribution is -0.141. The van der Waals surface area contributed by atoms with Crippen LogP contribution >= 0.6 is 0 Å². The van der Waals surface area contributed by atoms with Gasteiger partial charge in [0.2, 0.25) is 11.8 Å². The first-order chi connectivity index (χ1) is 15.3. The van der Waals surface area contributed by atoms with E-state index < -0.39 is 12.0 Å². The molecular formula is C23H27N5O4. The molecule has 3 aliphatic heterocycles. The lowest BCUT2D eigenvalue weighted by Gasteiger charge is -2.38. The van der Waals surface area contributed by atoms with Crippen molar-refractivity contribution in [2.45, 2.75) is 62.4 Å². The van der Waals surface area contributed by atoms with E-state index in [2.05, 4.69) is 6.07 Å². The molecule has 0 radical (unpaired) electrons. The van der Waals surface area contributed by atoms with Gasteiger partial charge in [0.1, 0.15) is 6.04 Å². The van der Waals surface area contributed by atoms with Crippen molar-refractivity contribution in [2.24, 2.45) is 11.7 Å². The summed E-state index contributed by atoms with van der Waals surface area (Å²) in [7, 11) is 0. The highest BCUT2D eigenvalue weighted by molar-refractivity contribution is 5.89. The minimum absolute atomic E-state index is 0.00439. The maximum absolute atomic E-state index is 13.2. The van der Waals surface area contributed by atoms with Gasteiger partial charge >= 0.3 is 5.97 Å². The van der Waals surface area contributed by atoms with E-state index in [1.165, 1.54) is 6.07 Å². The number of carboxylic acid groups (broad SMARTS) is 1. The largest absolute Gasteiger partial charge is 0.478 e. The fourth-order valence-electron chi connectivity index (χ4n) is 5.90. The molecule has 0 aromatic heterocycles. The molecule has 32 heavy (non-hydrogen) atoms. The summed E-state index contributed by atoms with van der Waals surface area (Å²) in [4.78, 5) is 42.9. The van der Waals surface area contributed by atoms with Crippen LogP contribution in [0.4, 0.5) is 0 Å². The molecular weight excluding hydrogens is 410 g/mol. The molecule has 4 fully saturated rings. The zero-order chi connectivity index (χ0) is 22.7. The van der Waals surface area contributed by atoms with E-state index in [0.29, 0.717) is 25.4 Å². The Balaban J connectivity index is 1.24. The van der Waals surface area contributed by atoms with Crippen LogP contribution in [0.15, 0.2) is 24.3 Å². The second-order valence-corrected chi connectivity index (χ2v) is 9.51. The normalized spacial score (nSPS) is 32.5. The van der Waals surface area contributed by atoms with Crippen LogP contribution in [0.1, 0.15) is 48.1 Å². The Morgan fingerprint density at radius 1 is 1.31 bits per heavy atom. The number of fused-ring (bicyclic) bond motifs is 3. The van der Waals surface area contributed by atoms with Crippen LogP contribution < -0.4 is 5.73 Å². The number of aromatic carboxylic acids is 1. The molecule has 9 nitrogen and oxygen atoms in total. The highest BCUT2D eigenvalue weighted by Gasteiger charge is 2.56. The molecule has 1 aliphatic carbocycles.